The van der Waals surface area contributed by atoms with Crippen LogP contribution in [0.25, 0.3) is 10.8 Å². The van der Waals surface area contributed by atoms with E-state index in [1.54, 1.807) is 12.1 Å². The number of benzene rings is 4. The summed E-state index contributed by atoms with van der Waals surface area (Å²) < 4.78 is 13.8. The molecule has 2 heterocycles. The van der Waals surface area contributed by atoms with E-state index in [0.29, 0.717) is 12.1 Å². The summed E-state index contributed by atoms with van der Waals surface area (Å²) in [6, 6.07) is 27.7. The molecular weight excluding hydrogens is 435 g/mol. The number of aryl methyl sites for hydroxylation is 1. The lowest BCUT2D eigenvalue weighted by Crippen LogP contribution is -2.45. The Balaban J connectivity index is 1.23. The Labute approximate surface area is 205 Å². The molecule has 2 aliphatic rings. The second-order valence-electron chi connectivity index (χ2n) is 10.2. The molecule has 4 aromatic carbocycles. The molecule has 0 radical (unpaired) electrons. The summed E-state index contributed by atoms with van der Waals surface area (Å²) in [6.07, 6.45) is 2.01. The van der Waals surface area contributed by atoms with Gasteiger partial charge < -0.3 is 4.90 Å². The van der Waals surface area contributed by atoms with Gasteiger partial charge in [0.05, 0.1) is 0 Å². The predicted octanol–water partition coefficient (Wildman–Crippen LogP) is 6.48. The van der Waals surface area contributed by atoms with Crippen LogP contribution in [0.15, 0.2) is 84.9 Å². The number of piperidine rings is 1. The number of fused-ring (bicyclic) bond motifs is 3. The van der Waals surface area contributed by atoms with Crippen molar-refractivity contribution in [2.75, 3.05) is 24.5 Å². The highest BCUT2D eigenvalue weighted by Crippen LogP contribution is 2.48. The number of amides is 1. The minimum atomic E-state index is -0.379. The molecule has 1 amide bonds. The molecule has 0 aliphatic carbocycles. The number of hydrogen-bond donors (Lipinski definition) is 0. The molecule has 0 N–H and O–H groups in total. The average Bonchev–Trinajstić information content (AvgIpc) is 3.18. The fourth-order valence-corrected chi connectivity index (χ4v) is 5.90. The van der Waals surface area contributed by atoms with Gasteiger partial charge in [0.1, 0.15) is 5.82 Å². The van der Waals surface area contributed by atoms with Gasteiger partial charge in [0.15, 0.2) is 0 Å². The van der Waals surface area contributed by atoms with Gasteiger partial charge in [0.2, 0.25) is 0 Å². The third-order valence-corrected chi connectivity index (χ3v) is 7.82. The van der Waals surface area contributed by atoms with Gasteiger partial charge in [-0.2, -0.15) is 0 Å². The molecule has 3 nitrogen and oxygen atoms in total. The zero-order valence-corrected chi connectivity index (χ0v) is 20.0. The van der Waals surface area contributed by atoms with Crippen LogP contribution in [0.2, 0.25) is 0 Å². The van der Waals surface area contributed by atoms with Crippen molar-refractivity contribution < 1.29 is 9.18 Å². The van der Waals surface area contributed by atoms with Crippen LogP contribution in [0, 0.1) is 12.7 Å². The van der Waals surface area contributed by atoms with Crippen LogP contribution in [0.5, 0.6) is 0 Å². The molecule has 1 saturated heterocycles. The van der Waals surface area contributed by atoms with Crippen molar-refractivity contribution in [1.82, 2.24) is 4.90 Å². The van der Waals surface area contributed by atoms with Crippen LogP contribution in [-0.2, 0) is 12.0 Å². The summed E-state index contributed by atoms with van der Waals surface area (Å²) >= 11 is 0. The summed E-state index contributed by atoms with van der Waals surface area (Å²) in [6.45, 7) is 5.68. The van der Waals surface area contributed by atoms with E-state index in [2.05, 4.69) is 72.5 Å². The maximum absolute atomic E-state index is 13.8. The fourth-order valence-electron chi connectivity index (χ4n) is 5.90. The van der Waals surface area contributed by atoms with Gasteiger partial charge in [-0.3, -0.25) is 9.69 Å². The van der Waals surface area contributed by atoms with E-state index in [-0.39, 0.29) is 17.1 Å². The maximum atomic E-state index is 13.8. The number of hydrogen-bond acceptors (Lipinski definition) is 2. The second kappa shape index (κ2) is 8.62. The number of anilines is 1. The third-order valence-electron chi connectivity index (χ3n) is 7.82. The van der Waals surface area contributed by atoms with E-state index < -0.39 is 0 Å². The molecule has 1 spiro atoms. The molecule has 0 atom stereocenters. The Morgan fingerprint density at radius 2 is 1.69 bits per heavy atom. The van der Waals surface area contributed by atoms with Gasteiger partial charge >= 0.3 is 0 Å². The van der Waals surface area contributed by atoms with Crippen LogP contribution in [-0.4, -0.2) is 30.4 Å². The van der Waals surface area contributed by atoms with Crippen LogP contribution in [0.4, 0.5) is 10.1 Å². The molecule has 0 saturated carbocycles. The van der Waals surface area contributed by atoms with Crippen molar-refractivity contribution in [3.63, 3.8) is 0 Å². The number of carbonyl (C=O) groups excluding carboxylic acids is 1. The van der Waals surface area contributed by atoms with E-state index in [0.717, 1.165) is 38.2 Å². The zero-order valence-electron chi connectivity index (χ0n) is 20.0. The minimum absolute atomic E-state index is 0.0514. The standard InChI is InChI=1S/C31H29FN2O/c1-22-9-12-29-28(17-22)31(21-34(29)30(35)26-7-4-8-27(32)19-26)13-15-33(16-14-31)20-23-10-11-24-5-2-3-6-25(24)18-23/h2-12,17-19H,13-16,20-21H2,1H3. The smallest absolute Gasteiger partial charge is 0.258 e. The molecule has 6 rings (SSSR count). The van der Waals surface area contributed by atoms with Gasteiger partial charge in [-0.25, -0.2) is 4.39 Å². The van der Waals surface area contributed by atoms with Crippen molar-refractivity contribution in [2.45, 2.75) is 31.7 Å². The average molecular weight is 465 g/mol. The molecule has 0 bridgehead atoms. The van der Waals surface area contributed by atoms with Crippen molar-refractivity contribution in [3.8, 4) is 0 Å². The Morgan fingerprint density at radius 1 is 0.886 bits per heavy atom. The molecular formula is C31H29FN2O. The first-order chi connectivity index (χ1) is 17.0. The minimum Gasteiger partial charge on any atom is -0.307 e. The molecule has 2 aliphatic heterocycles. The van der Waals surface area contributed by atoms with Crippen LogP contribution >= 0.6 is 0 Å². The summed E-state index contributed by atoms with van der Waals surface area (Å²) in [7, 11) is 0. The number of rotatable bonds is 3. The fraction of sp³-hybridized carbons (Fsp3) is 0.258. The highest BCUT2D eigenvalue weighted by atomic mass is 19.1. The topological polar surface area (TPSA) is 23.6 Å². The van der Waals surface area contributed by atoms with Crippen LogP contribution in [0.1, 0.15) is 39.9 Å². The van der Waals surface area contributed by atoms with E-state index in [1.165, 1.54) is 39.6 Å². The SMILES string of the molecule is Cc1ccc2c(c1)C1(CCN(Cc3ccc4ccccc4c3)CC1)CN2C(=O)c1cccc(F)c1. The Morgan fingerprint density at radius 3 is 2.49 bits per heavy atom. The summed E-state index contributed by atoms with van der Waals surface area (Å²) in [5.41, 5.74) is 5.15. The van der Waals surface area contributed by atoms with Crippen LogP contribution < -0.4 is 4.90 Å². The molecule has 176 valence electrons. The first kappa shape index (κ1) is 22.0. The van der Waals surface area contributed by atoms with Gasteiger partial charge in [-0.1, -0.05) is 60.2 Å². The number of likely N-dealkylation sites (tertiary alicyclic amines) is 1. The molecule has 0 aromatic heterocycles. The Hall–Kier alpha value is -3.50. The molecule has 0 unspecified atom stereocenters. The van der Waals surface area contributed by atoms with Crippen molar-refractivity contribution in [1.29, 1.82) is 0 Å². The largest absolute Gasteiger partial charge is 0.307 e. The predicted molar refractivity (Wildman–Crippen MR) is 139 cm³/mol. The van der Waals surface area contributed by atoms with Crippen molar-refractivity contribution in [2.24, 2.45) is 0 Å². The normalized spacial score (nSPS) is 17.1. The van der Waals surface area contributed by atoms with Gasteiger partial charge in [0, 0.05) is 29.8 Å². The quantitative estimate of drug-likeness (QED) is 0.346. The number of carbonyl (C=O) groups is 1. The molecule has 1 fully saturated rings. The van der Waals surface area contributed by atoms with E-state index >= 15 is 0 Å². The van der Waals surface area contributed by atoms with Gasteiger partial charge in [-0.15, -0.1) is 0 Å². The van der Waals surface area contributed by atoms with Gasteiger partial charge in [0.25, 0.3) is 5.91 Å². The zero-order chi connectivity index (χ0) is 24.0. The summed E-state index contributed by atoms with van der Waals surface area (Å²) in [5.74, 6) is -0.499. The van der Waals surface area contributed by atoms with E-state index in [4.69, 9.17) is 0 Å². The third kappa shape index (κ3) is 4.02. The van der Waals surface area contributed by atoms with Gasteiger partial charge in [-0.05, 0) is 85.1 Å². The van der Waals surface area contributed by atoms with Crippen molar-refractivity contribution in [3.05, 3.63) is 113 Å². The summed E-state index contributed by atoms with van der Waals surface area (Å²) in [5, 5.41) is 2.56. The molecule has 4 aromatic rings. The Bertz CT molecular complexity index is 1420. The van der Waals surface area contributed by atoms with Crippen molar-refractivity contribution >= 4 is 22.4 Å². The Kier molecular flexibility index (Phi) is 5.42. The first-order valence-electron chi connectivity index (χ1n) is 12.4. The van der Waals surface area contributed by atoms with Crippen LogP contribution in [0.3, 0.4) is 0 Å². The molecule has 4 heteroatoms. The molecule has 35 heavy (non-hydrogen) atoms. The number of halogens is 1. The first-order valence-corrected chi connectivity index (χ1v) is 12.4. The lowest BCUT2D eigenvalue weighted by Gasteiger charge is -2.40. The monoisotopic (exact) mass is 464 g/mol. The lowest BCUT2D eigenvalue weighted by molar-refractivity contribution is 0.0975. The highest BCUT2D eigenvalue weighted by molar-refractivity contribution is 6.07. The second-order valence-corrected chi connectivity index (χ2v) is 10.2. The summed E-state index contributed by atoms with van der Waals surface area (Å²) in [4.78, 5) is 17.8. The highest BCUT2D eigenvalue weighted by Gasteiger charge is 2.46. The number of nitrogens with zero attached hydrogens (tertiary/aromatic N) is 2. The maximum Gasteiger partial charge on any atom is 0.258 e. The van der Waals surface area contributed by atoms with E-state index in [9.17, 15) is 9.18 Å². The van der Waals surface area contributed by atoms with E-state index in [1.807, 2.05) is 4.90 Å². The lowest BCUT2D eigenvalue weighted by atomic mass is 9.74.